The largest absolute Gasteiger partial charge is 0.327 e. The number of benzene rings is 1. The van der Waals surface area contributed by atoms with Crippen molar-refractivity contribution in [3.05, 3.63) is 35.9 Å². The number of likely N-dealkylation sites (tertiary alicyclic amines) is 1. The molecule has 1 atom stereocenters. The first-order valence-corrected chi connectivity index (χ1v) is 12.0. The van der Waals surface area contributed by atoms with Crippen LogP contribution in [0.2, 0.25) is 0 Å². The van der Waals surface area contributed by atoms with Gasteiger partial charge in [-0.05, 0) is 37.2 Å². The number of rotatable bonds is 10. The lowest BCUT2D eigenvalue weighted by Crippen LogP contribution is -2.57. The van der Waals surface area contributed by atoms with Gasteiger partial charge in [0.1, 0.15) is 5.54 Å². The van der Waals surface area contributed by atoms with Gasteiger partial charge in [0, 0.05) is 26.2 Å². The van der Waals surface area contributed by atoms with Crippen LogP contribution in [0.25, 0.3) is 0 Å². The molecule has 5 heteroatoms. The molecule has 2 aliphatic rings. The average Bonchev–Trinajstić information content (AvgIpc) is 2.95. The number of carbonyl (C=O) groups excluding carboxylic acids is 2. The number of urea groups is 1. The first-order valence-electron chi connectivity index (χ1n) is 12.0. The second-order valence-corrected chi connectivity index (χ2v) is 9.06. The fourth-order valence-corrected chi connectivity index (χ4v) is 5.09. The molecule has 0 aromatic heterocycles. The zero-order valence-corrected chi connectivity index (χ0v) is 19.1. The lowest BCUT2D eigenvalue weighted by molar-refractivity contribution is -0.136. The highest BCUT2D eigenvalue weighted by Gasteiger charge is 2.57. The monoisotopic (exact) mass is 413 g/mol. The van der Waals surface area contributed by atoms with Crippen molar-refractivity contribution in [1.29, 1.82) is 0 Å². The molecular formula is C25H39N3O2. The van der Waals surface area contributed by atoms with Crippen LogP contribution < -0.4 is 0 Å². The Kier molecular flexibility index (Phi) is 7.93. The Labute approximate surface area is 182 Å². The highest BCUT2D eigenvalue weighted by Crippen LogP contribution is 2.38. The summed E-state index contributed by atoms with van der Waals surface area (Å²) >= 11 is 0. The third kappa shape index (κ3) is 4.72. The average molecular weight is 414 g/mol. The first-order chi connectivity index (χ1) is 14.6. The van der Waals surface area contributed by atoms with E-state index in [0.717, 1.165) is 50.4 Å². The van der Waals surface area contributed by atoms with Crippen molar-refractivity contribution < 1.29 is 9.59 Å². The molecule has 5 nitrogen and oxygen atoms in total. The van der Waals surface area contributed by atoms with E-state index in [1.807, 2.05) is 35.2 Å². The van der Waals surface area contributed by atoms with Gasteiger partial charge in [-0.15, -0.1) is 0 Å². The Morgan fingerprint density at radius 3 is 2.30 bits per heavy atom. The molecule has 1 spiro atoms. The van der Waals surface area contributed by atoms with Crippen LogP contribution in [0.4, 0.5) is 4.79 Å². The van der Waals surface area contributed by atoms with Crippen molar-refractivity contribution in [2.75, 3.05) is 26.2 Å². The van der Waals surface area contributed by atoms with E-state index in [9.17, 15) is 9.59 Å². The minimum atomic E-state index is -0.635. The quantitative estimate of drug-likeness (QED) is 0.512. The van der Waals surface area contributed by atoms with Gasteiger partial charge in [0.05, 0.1) is 6.54 Å². The van der Waals surface area contributed by atoms with Crippen LogP contribution in [0.1, 0.15) is 71.3 Å². The molecule has 2 aliphatic heterocycles. The zero-order chi connectivity index (χ0) is 21.6. The van der Waals surface area contributed by atoms with Crippen molar-refractivity contribution in [2.45, 2.75) is 77.8 Å². The molecular weight excluding hydrogens is 374 g/mol. The van der Waals surface area contributed by atoms with Crippen LogP contribution in [0.3, 0.4) is 0 Å². The highest BCUT2D eigenvalue weighted by atomic mass is 16.2. The summed E-state index contributed by atoms with van der Waals surface area (Å²) in [4.78, 5) is 32.7. The minimum absolute atomic E-state index is 0.0162. The number of imide groups is 1. The lowest BCUT2D eigenvalue weighted by Gasteiger charge is -2.43. The number of nitrogens with zero attached hydrogens (tertiary/aromatic N) is 3. The Morgan fingerprint density at radius 2 is 1.70 bits per heavy atom. The van der Waals surface area contributed by atoms with Crippen LogP contribution in [0, 0.1) is 5.92 Å². The number of hydrogen-bond donors (Lipinski definition) is 0. The molecule has 166 valence electrons. The fraction of sp³-hybridized carbons (Fsp3) is 0.680. The van der Waals surface area contributed by atoms with E-state index < -0.39 is 5.54 Å². The fourth-order valence-electron chi connectivity index (χ4n) is 5.09. The first kappa shape index (κ1) is 22.8. The molecule has 1 aromatic carbocycles. The maximum atomic E-state index is 13.6. The summed E-state index contributed by atoms with van der Waals surface area (Å²) in [5.74, 6) is 0.753. The smallest absolute Gasteiger partial charge is 0.309 e. The van der Waals surface area contributed by atoms with E-state index in [0.29, 0.717) is 13.1 Å². The number of unbranched alkanes of at least 4 members (excludes halogenated alkanes) is 1. The van der Waals surface area contributed by atoms with E-state index in [-0.39, 0.29) is 11.9 Å². The molecule has 2 heterocycles. The van der Waals surface area contributed by atoms with Gasteiger partial charge in [-0.25, -0.2) is 4.79 Å². The molecule has 30 heavy (non-hydrogen) atoms. The van der Waals surface area contributed by atoms with Crippen molar-refractivity contribution in [3.8, 4) is 0 Å². The van der Waals surface area contributed by atoms with E-state index >= 15 is 0 Å². The van der Waals surface area contributed by atoms with Gasteiger partial charge >= 0.3 is 6.03 Å². The summed E-state index contributed by atoms with van der Waals surface area (Å²) in [5, 5.41) is 0. The molecule has 3 amide bonds. The van der Waals surface area contributed by atoms with Crippen LogP contribution in [-0.2, 0) is 11.3 Å². The Morgan fingerprint density at radius 1 is 1.00 bits per heavy atom. The molecule has 1 unspecified atom stereocenters. The summed E-state index contributed by atoms with van der Waals surface area (Å²) < 4.78 is 0. The van der Waals surface area contributed by atoms with E-state index in [2.05, 4.69) is 25.7 Å². The van der Waals surface area contributed by atoms with Crippen molar-refractivity contribution in [3.63, 3.8) is 0 Å². The van der Waals surface area contributed by atoms with Crippen LogP contribution in [-0.4, -0.2) is 58.4 Å². The molecule has 0 saturated carbocycles. The van der Waals surface area contributed by atoms with E-state index in [1.54, 1.807) is 0 Å². The van der Waals surface area contributed by atoms with Crippen LogP contribution in [0.5, 0.6) is 0 Å². The highest BCUT2D eigenvalue weighted by molar-refractivity contribution is 6.07. The molecule has 1 aromatic rings. The SMILES string of the molecule is CCCCC(CC)CN1CCC2(CC1)C(=O)N(Cc1ccccc1)C(=O)N2CCC. The lowest BCUT2D eigenvalue weighted by atomic mass is 9.85. The second kappa shape index (κ2) is 10.4. The third-order valence-electron chi connectivity index (χ3n) is 7.00. The molecule has 0 radical (unpaired) electrons. The maximum absolute atomic E-state index is 13.6. The van der Waals surface area contributed by atoms with Gasteiger partial charge in [-0.1, -0.05) is 70.4 Å². The Hall–Kier alpha value is -1.88. The predicted octanol–water partition coefficient (Wildman–Crippen LogP) is 4.91. The summed E-state index contributed by atoms with van der Waals surface area (Å²) in [5.41, 5.74) is 0.371. The van der Waals surface area contributed by atoms with E-state index in [4.69, 9.17) is 0 Å². The second-order valence-electron chi connectivity index (χ2n) is 9.06. The van der Waals surface area contributed by atoms with Gasteiger partial charge in [-0.2, -0.15) is 0 Å². The molecule has 0 N–H and O–H groups in total. The number of carbonyl (C=O) groups is 2. The summed E-state index contributed by atoms with van der Waals surface area (Å²) in [7, 11) is 0. The number of amides is 3. The van der Waals surface area contributed by atoms with Crippen LogP contribution >= 0.6 is 0 Å². The molecule has 2 fully saturated rings. The Balaban J connectivity index is 1.70. The van der Waals surface area contributed by atoms with Crippen molar-refractivity contribution in [1.82, 2.24) is 14.7 Å². The molecule has 3 rings (SSSR count). The van der Waals surface area contributed by atoms with Gasteiger partial charge < -0.3 is 9.80 Å². The molecule has 0 aliphatic carbocycles. The van der Waals surface area contributed by atoms with Gasteiger partial charge in [-0.3, -0.25) is 9.69 Å². The van der Waals surface area contributed by atoms with E-state index in [1.165, 1.54) is 30.6 Å². The normalized spacial score (nSPS) is 20.4. The predicted molar refractivity (Wildman–Crippen MR) is 121 cm³/mol. The molecule has 2 saturated heterocycles. The number of hydrogen-bond acceptors (Lipinski definition) is 3. The zero-order valence-electron chi connectivity index (χ0n) is 19.1. The van der Waals surface area contributed by atoms with Crippen molar-refractivity contribution in [2.24, 2.45) is 5.92 Å². The van der Waals surface area contributed by atoms with Gasteiger partial charge in [0.25, 0.3) is 5.91 Å². The summed E-state index contributed by atoms with van der Waals surface area (Å²) in [6.07, 6.45) is 7.44. The topological polar surface area (TPSA) is 43.9 Å². The maximum Gasteiger partial charge on any atom is 0.327 e. The molecule has 0 bridgehead atoms. The standard InChI is InChI=1S/C25H39N3O2/c1-4-7-11-21(6-3)19-26-17-14-25(15-18-26)23(29)27(24(30)28(25)16-5-2)20-22-12-9-8-10-13-22/h8-10,12-13,21H,4-7,11,14-20H2,1-3H3. The summed E-state index contributed by atoms with van der Waals surface area (Å²) in [6, 6.07) is 9.75. The third-order valence-corrected chi connectivity index (χ3v) is 7.00. The van der Waals surface area contributed by atoms with Gasteiger partial charge in [0.2, 0.25) is 0 Å². The minimum Gasteiger partial charge on any atom is -0.309 e. The van der Waals surface area contributed by atoms with Crippen molar-refractivity contribution >= 4 is 11.9 Å². The van der Waals surface area contributed by atoms with Crippen LogP contribution in [0.15, 0.2) is 30.3 Å². The summed E-state index contributed by atoms with van der Waals surface area (Å²) in [6.45, 7) is 10.6. The Bertz CT molecular complexity index is 698. The number of piperidine rings is 1. The van der Waals surface area contributed by atoms with Gasteiger partial charge in [0.15, 0.2) is 0 Å².